The summed E-state index contributed by atoms with van der Waals surface area (Å²) in [4.78, 5) is 0. The van der Waals surface area contributed by atoms with Crippen molar-refractivity contribution in [2.75, 3.05) is 0 Å². The summed E-state index contributed by atoms with van der Waals surface area (Å²) in [6.45, 7) is 3.68. The number of rotatable bonds is 4. The number of hydrogen-bond acceptors (Lipinski definition) is 2. The third-order valence-corrected chi connectivity index (χ3v) is 3.32. The van der Waals surface area contributed by atoms with Gasteiger partial charge in [-0.1, -0.05) is 23.7 Å². The van der Waals surface area contributed by atoms with Crippen LogP contribution in [-0.2, 0) is 0 Å². The molecule has 2 rings (SSSR count). The average Bonchev–Trinajstić information content (AvgIpc) is 2.39. The van der Waals surface area contributed by atoms with Crippen LogP contribution in [0, 0.1) is 12.7 Å². The summed E-state index contributed by atoms with van der Waals surface area (Å²) in [5, 5.41) is 0.662. The number of benzene rings is 2. The standard InChI is InChI=1S/C16H17ClFNO/c1-10-9-14(18)7-8-15(10)20-16(11(2)19)12-3-5-13(17)6-4-12/h3-9,11,16H,19H2,1-2H3. The third kappa shape index (κ3) is 3.50. The first kappa shape index (κ1) is 14.8. The molecule has 2 unspecified atom stereocenters. The molecule has 2 aromatic rings. The van der Waals surface area contributed by atoms with Crippen molar-refractivity contribution in [3.05, 3.63) is 64.4 Å². The Morgan fingerprint density at radius 2 is 1.80 bits per heavy atom. The van der Waals surface area contributed by atoms with E-state index in [0.29, 0.717) is 10.8 Å². The molecule has 0 amide bonds. The van der Waals surface area contributed by atoms with Crippen LogP contribution < -0.4 is 10.5 Å². The summed E-state index contributed by atoms with van der Waals surface area (Å²) in [5.41, 5.74) is 7.68. The van der Waals surface area contributed by atoms with Gasteiger partial charge in [-0.3, -0.25) is 0 Å². The third-order valence-electron chi connectivity index (χ3n) is 3.07. The number of nitrogens with two attached hydrogens (primary N) is 1. The lowest BCUT2D eigenvalue weighted by Crippen LogP contribution is -2.29. The van der Waals surface area contributed by atoms with Gasteiger partial charge in [-0.25, -0.2) is 4.39 Å². The first-order valence-electron chi connectivity index (χ1n) is 6.41. The van der Waals surface area contributed by atoms with Crippen LogP contribution in [0.2, 0.25) is 5.02 Å². The van der Waals surface area contributed by atoms with E-state index in [2.05, 4.69) is 0 Å². The molecule has 20 heavy (non-hydrogen) atoms. The predicted molar refractivity (Wildman–Crippen MR) is 79.6 cm³/mol. The quantitative estimate of drug-likeness (QED) is 0.914. The molecule has 0 aliphatic rings. The van der Waals surface area contributed by atoms with Crippen LogP contribution in [0.3, 0.4) is 0 Å². The van der Waals surface area contributed by atoms with Crippen LogP contribution in [0.4, 0.5) is 4.39 Å². The van der Waals surface area contributed by atoms with Gasteiger partial charge >= 0.3 is 0 Å². The second-order valence-corrected chi connectivity index (χ2v) is 5.30. The smallest absolute Gasteiger partial charge is 0.138 e. The zero-order valence-electron chi connectivity index (χ0n) is 11.4. The molecular weight excluding hydrogens is 277 g/mol. The fourth-order valence-electron chi connectivity index (χ4n) is 2.01. The molecule has 2 nitrogen and oxygen atoms in total. The number of ether oxygens (including phenoxy) is 1. The van der Waals surface area contributed by atoms with E-state index in [1.54, 1.807) is 25.1 Å². The predicted octanol–water partition coefficient (Wildman–Crippen LogP) is 4.25. The van der Waals surface area contributed by atoms with Crippen LogP contribution in [0.25, 0.3) is 0 Å². The Hall–Kier alpha value is -1.58. The van der Waals surface area contributed by atoms with Gasteiger partial charge in [0.05, 0.1) is 0 Å². The average molecular weight is 294 g/mol. The molecular formula is C16H17ClFNO. The molecule has 0 spiro atoms. The van der Waals surface area contributed by atoms with Gasteiger partial charge in [-0.2, -0.15) is 0 Å². The lowest BCUT2D eigenvalue weighted by Gasteiger charge is -2.24. The van der Waals surface area contributed by atoms with Crippen LogP contribution >= 0.6 is 11.6 Å². The lowest BCUT2D eigenvalue weighted by atomic mass is 10.0. The van der Waals surface area contributed by atoms with E-state index in [0.717, 1.165) is 11.1 Å². The summed E-state index contributed by atoms with van der Waals surface area (Å²) < 4.78 is 19.1. The molecule has 0 saturated heterocycles. The van der Waals surface area contributed by atoms with E-state index in [4.69, 9.17) is 22.1 Å². The minimum absolute atomic E-state index is 0.208. The highest BCUT2D eigenvalue weighted by atomic mass is 35.5. The topological polar surface area (TPSA) is 35.2 Å². The second kappa shape index (κ2) is 6.25. The Morgan fingerprint density at radius 3 is 2.35 bits per heavy atom. The van der Waals surface area contributed by atoms with Gasteiger partial charge < -0.3 is 10.5 Å². The monoisotopic (exact) mass is 293 g/mol. The van der Waals surface area contributed by atoms with Gasteiger partial charge in [-0.05, 0) is 55.3 Å². The van der Waals surface area contributed by atoms with Crippen molar-refractivity contribution in [2.45, 2.75) is 26.0 Å². The molecule has 0 radical (unpaired) electrons. The summed E-state index contributed by atoms with van der Waals surface area (Å²) in [6, 6.07) is 11.6. The molecule has 0 aromatic heterocycles. The van der Waals surface area contributed by atoms with Crippen molar-refractivity contribution in [2.24, 2.45) is 5.73 Å². The van der Waals surface area contributed by atoms with Crippen molar-refractivity contribution in [3.8, 4) is 5.75 Å². The molecule has 106 valence electrons. The van der Waals surface area contributed by atoms with Crippen molar-refractivity contribution in [1.29, 1.82) is 0 Å². The first-order valence-corrected chi connectivity index (χ1v) is 6.79. The summed E-state index contributed by atoms with van der Waals surface area (Å²) in [7, 11) is 0. The molecule has 2 aromatic carbocycles. The maximum Gasteiger partial charge on any atom is 0.138 e. The highest BCUT2D eigenvalue weighted by Crippen LogP contribution is 2.28. The summed E-state index contributed by atoms with van der Waals surface area (Å²) in [6.07, 6.45) is -0.309. The number of halogens is 2. The molecule has 4 heteroatoms. The molecule has 0 aliphatic heterocycles. The van der Waals surface area contributed by atoms with E-state index >= 15 is 0 Å². The fraction of sp³-hybridized carbons (Fsp3) is 0.250. The molecule has 0 saturated carbocycles. The highest BCUT2D eigenvalue weighted by molar-refractivity contribution is 6.30. The van der Waals surface area contributed by atoms with E-state index < -0.39 is 0 Å². The zero-order valence-corrected chi connectivity index (χ0v) is 12.2. The van der Waals surface area contributed by atoms with Crippen LogP contribution in [0.15, 0.2) is 42.5 Å². The Kier molecular flexibility index (Phi) is 4.63. The maximum absolute atomic E-state index is 13.1. The molecule has 0 heterocycles. The summed E-state index contributed by atoms with van der Waals surface area (Å²) >= 11 is 5.89. The molecule has 0 bridgehead atoms. The van der Waals surface area contributed by atoms with Crippen LogP contribution in [0.1, 0.15) is 24.2 Å². The second-order valence-electron chi connectivity index (χ2n) is 4.86. The molecule has 0 fully saturated rings. The van der Waals surface area contributed by atoms with Crippen molar-refractivity contribution in [3.63, 3.8) is 0 Å². The minimum atomic E-state index is -0.309. The van der Waals surface area contributed by atoms with Gasteiger partial charge in [0, 0.05) is 11.1 Å². The molecule has 2 N–H and O–H groups in total. The Balaban J connectivity index is 2.28. The molecule has 2 atom stereocenters. The van der Waals surface area contributed by atoms with E-state index in [1.165, 1.54) is 12.1 Å². The van der Waals surface area contributed by atoms with Crippen LogP contribution in [0.5, 0.6) is 5.75 Å². The highest BCUT2D eigenvalue weighted by Gasteiger charge is 2.19. The van der Waals surface area contributed by atoms with Crippen LogP contribution in [-0.4, -0.2) is 6.04 Å². The van der Waals surface area contributed by atoms with Crippen molar-refractivity contribution in [1.82, 2.24) is 0 Å². The minimum Gasteiger partial charge on any atom is -0.484 e. The zero-order chi connectivity index (χ0) is 14.7. The molecule has 0 aliphatic carbocycles. The Morgan fingerprint density at radius 1 is 1.15 bits per heavy atom. The van der Waals surface area contributed by atoms with Crippen molar-refractivity contribution < 1.29 is 9.13 Å². The fourth-order valence-corrected chi connectivity index (χ4v) is 2.14. The van der Waals surface area contributed by atoms with Gasteiger partial charge in [0.1, 0.15) is 17.7 Å². The Bertz CT molecular complexity index is 584. The largest absolute Gasteiger partial charge is 0.484 e. The SMILES string of the molecule is Cc1cc(F)ccc1OC(c1ccc(Cl)cc1)C(C)N. The van der Waals surface area contributed by atoms with Gasteiger partial charge in [0.15, 0.2) is 0 Å². The van der Waals surface area contributed by atoms with Gasteiger partial charge in [0.25, 0.3) is 0 Å². The van der Waals surface area contributed by atoms with E-state index in [-0.39, 0.29) is 18.0 Å². The Labute approximate surface area is 123 Å². The van der Waals surface area contributed by atoms with E-state index in [9.17, 15) is 4.39 Å². The van der Waals surface area contributed by atoms with Crippen molar-refractivity contribution >= 4 is 11.6 Å². The van der Waals surface area contributed by atoms with E-state index in [1.807, 2.05) is 19.1 Å². The summed E-state index contributed by atoms with van der Waals surface area (Å²) in [5.74, 6) is 0.349. The van der Waals surface area contributed by atoms with Gasteiger partial charge in [-0.15, -0.1) is 0 Å². The first-order chi connectivity index (χ1) is 9.47. The van der Waals surface area contributed by atoms with Gasteiger partial charge in [0.2, 0.25) is 0 Å². The lowest BCUT2D eigenvalue weighted by molar-refractivity contribution is 0.179. The maximum atomic E-state index is 13.1. The normalized spacial score (nSPS) is 13.8. The number of hydrogen-bond donors (Lipinski definition) is 1. The number of aryl methyl sites for hydroxylation is 1.